The summed E-state index contributed by atoms with van der Waals surface area (Å²) in [5.74, 6) is -0.338. The number of carbonyl (C=O) groups is 2. The predicted octanol–water partition coefficient (Wildman–Crippen LogP) is 3.33. The third-order valence-corrected chi connectivity index (χ3v) is 4.23. The lowest BCUT2D eigenvalue weighted by atomic mass is 10.1. The molecular formula is C22H22N4O2. The molecule has 0 saturated carbocycles. The van der Waals surface area contributed by atoms with Crippen LogP contribution in [0.5, 0.6) is 0 Å². The molecular weight excluding hydrogens is 352 g/mol. The van der Waals surface area contributed by atoms with Gasteiger partial charge in [0.1, 0.15) is 0 Å². The number of anilines is 2. The molecule has 0 unspecified atom stereocenters. The zero-order valence-corrected chi connectivity index (χ0v) is 15.8. The fourth-order valence-corrected chi connectivity index (χ4v) is 2.60. The van der Waals surface area contributed by atoms with Crippen LogP contribution in [-0.2, 0) is 6.54 Å². The molecule has 1 aromatic heterocycles. The van der Waals surface area contributed by atoms with Gasteiger partial charge in [0.15, 0.2) is 0 Å². The van der Waals surface area contributed by atoms with Crippen LogP contribution in [0.1, 0.15) is 26.3 Å². The highest BCUT2D eigenvalue weighted by molar-refractivity contribution is 6.04. The fourth-order valence-electron chi connectivity index (χ4n) is 2.60. The maximum absolute atomic E-state index is 12.3. The van der Waals surface area contributed by atoms with Crippen molar-refractivity contribution in [1.82, 2.24) is 10.3 Å². The fraction of sp³-hybridized carbons (Fsp3) is 0.136. The van der Waals surface area contributed by atoms with Gasteiger partial charge in [0.25, 0.3) is 11.8 Å². The summed E-state index contributed by atoms with van der Waals surface area (Å²) in [5.41, 5.74) is 3.78. The lowest BCUT2D eigenvalue weighted by Gasteiger charge is -2.12. The Morgan fingerprint density at radius 3 is 2.21 bits per heavy atom. The number of hydrogen-bond acceptors (Lipinski definition) is 4. The summed E-state index contributed by atoms with van der Waals surface area (Å²) in [7, 11) is 3.91. The van der Waals surface area contributed by atoms with Crippen molar-refractivity contribution in [2.75, 3.05) is 24.3 Å². The van der Waals surface area contributed by atoms with Gasteiger partial charge >= 0.3 is 0 Å². The van der Waals surface area contributed by atoms with Crippen LogP contribution in [0.15, 0.2) is 73.1 Å². The molecule has 3 aromatic rings. The Bertz CT molecular complexity index is 937. The van der Waals surface area contributed by atoms with Gasteiger partial charge in [0, 0.05) is 50.0 Å². The minimum Gasteiger partial charge on any atom is -0.378 e. The summed E-state index contributed by atoms with van der Waals surface area (Å²) < 4.78 is 0. The van der Waals surface area contributed by atoms with Gasteiger partial charge < -0.3 is 15.5 Å². The molecule has 0 saturated heterocycles. The van der Waals surface area contributed by atoms with Crippen LogP contribution in [0.25, 0.3) is 0 Å². The first kappa shape index (κ1) is 19.1. The van der Waals surface area contributed by atoms with Crippen LogP contribution >= 0.6 is 0 Å². The molecule has 1 heterocycles. The van der Waals surface area contributed by atoms with Crippen molar-refractivity contribution in [3.8, 4) is 0 Å². The molecule has 6 heteroatoms. The highest BCUT2D eigenvalue weighted by Crippen LogP contribution is 2.13. The Hall–Kier alpha value is -3.67. The van der Waals surface area contributed by atoms with Crippen molar-refractivity contribution in [3.05, 3.63) is 89.7 Å². The average molecular weight is 374 g/mol. The summed E-state index contributed by atoms with van der Waals surface area (Å²) in [4.78, 5) is 30.3. The van der Waals surface area contributed by atoms with E-state index in [2.05, 4.69) is 15.6 Å². The first-order valence-electron chi connectivity index (χ1n) is 8.89. The Balaban J connectivity index is 1.54. The molecule has 2 N–H and O–H groups in total. The third kappa shape index (κ3) is 4.94. The second kappa shape index (κ2) is 8.81. The highest BCUT2D eigenvalue weighted by atomic mass is 16.2. The number of rotatable bonds is 6. The number of aromatic nitrogens is 1. The van der Waals surface area contributed by atoms with E-state index in [1.54, 1.807) is 18.3 Å². The van der Waals surface area contributed by atoms with Crippen LogP contribution in [-0.4, -0.2) is 30.9 Å². The van der Waals surface area contributed by atoms with Crippen molar-refractivity contribution < 1.29 is 9.59 Å². The van der Waals surface area contributed by atoms with Gasteiger partial charge in [0.2, 0.25) is 0 Å². The number of carbonyl (C=O) groups excluding carboxylic acids is 2. The summed E-state index contributed by atoms with van der Waals surface area (Å²) in [6.45, 7) is 0.408. The molecule has 0 aliphatic carbocycles. The Kier molecular flexibility index (Phi) is 6.01. The molecule has 0 atom stereocenters. The molecule has 0 aliphatic heterocycles. The number of nitrogens with one attached hydrogen (secondary N) is 2. The number of pyridine rings is 1. The first-order chi connectivity index (χ1) is 13.5. The van der Waals surface area contributed by atoms with E-state index in [0.29, 0.717) is 23.4 Å². The molecule has 0 fully saturated rings. The van der Waals surface area contributed by atoms with E-state index in [-0.39, 0.29) is 11.8 Å². The van der Waals surface area contributed by atoms with Gasteiger partial charge in [-0.1, -0.05) is 12.1 Å². The van der Waals surface area contributed by atoms with Gasteiger partial charge in [-0.25, -0.2) is 0 Å². The topological polar surface area (TPSA) is 74.3 Å². The molecule has 6 nitrogen and oxygen atoms in total. The minimum absolute atomic E-state index is 0.126. The largest absolute Gasteiger partial charge is 0.378 e. The second-order valence-electron chi connectivity index (χ2n) is 6.52. The molecule has 0 bridgehead atoms. The molecule has 0 spiro atoms. The monoisotopic (exact) mass is 374 g/mol. The number of benzene rings is 2. The van der Waals surface area contributed by atoms with E-state index < -0.39 is 0 Å². The Labute approximate surface area is 164 Å². The Morgan fingerprint density at radius 1 is 0.893 bits per heavy atom. The minimum atomic E-state index is -0.213. The number of hydrogen-bond donors (Lipinski definition) is 2. The molecule has 3 rings (SSSR count). The van der Waals surface area contributed by atoms with E-state index >= 15 is 0 Å². The van der Waals surface area contributed by atoms with Crippen molar-refractivity contribution >= 4 is 23.2 Å². The maximum atomic E-state index is 12.3. The van der Waals surface area contributed by atoms with Gasteiger partial charge in [-0.15, -0.1) is 0 Å². The lowest BCUT2D eigenvalue weighted by molar-refractivity contribution is 0.0950. The zero-order chi connectivity index (χ0) is 19.9. The van der Waals surface area contributed by atoms with Crippen LogP contribution in [0.4, 0.5) is 11.4 Å². The maximum Gasteiger partial charge on any atom is 0.257 e. The average Bonchev–Trinajstić information content (AvgIpc) is 2.73. The van der Waals surface area contributed by atoms with Crippen molar-refractivity contribution in [1.29, 1.82) is 0 Å². The van der Waals surface area contributed by atoms with E-state index in [9.17, 15) is 9.59 Å². The van der Waals surface area contributed by atoms with Gasteiger partial charge in [-0.3, -0.25) is 14.6 Å². The van der Waals surface area contributed by atoms with Crippen LogP contribution in [0.3, 0.4) is 0 Å². The SMILES string of the molecule is CN(C)c1ccc(C(=O)NCc2ccc(NC(=O)c3cccnc3)cc2)cc1. The summed E-state index contributed by atoms with van der Waals surface area (Å²) in [6.07, 6.45) is 3.14. The molecule has 28 heavy (non-hydrogen) atoms. The normalized spacial score (nSPS) is 10.2. The standard InChI is InChI=1S/C22H22N4O2/c1-26(2)20-11-7-17(8-12-20)21(27)24-14-16-5-9-19(10-6-16)25-22(28)18-4-3-13-23-15-18/h3-13,15H,14H2,1-2H3,(H,24,27)(H,25,28). The van der Waals surface area contributed by atoms with E-state index in [4.69, 9.17) is 0 Å². The van der Waals surface area contributed by atoms with Crippen molar-refractivity contribution in [3.63, 3.8) is 0 Å². The van der Waals surface area contributed by atoms with Gasteiger partial charge in [0.05, 0.1) is 5.56 Å². The van der Waals surface area contributed by atoms with Crippen LogP contribution < -0.4 is 15.5 Å². The molecule has 2 amide bonds. The van der Waals surface area contributed by atoms with E-state index in [1.807, 2.05) is 67.5 Å². The summed E-state index contributed by atoms with van der Waals surface area (Å²) in [6, 6.07) is 18.2. The lowest BCUT2D eigenvalue weighted by Crippen LogP contribution is -2.22. The van der Waals surface area contributed by atoms with Crippen molar-refractivity contribution in [2.24, 2.45) is 0 Å². The van der Waals surface area contributed by atoms with E-state index in [0.717, 1.165) is 11.3 Å². The number of nitrogens with zero attached hydrogens (tertiary/aromatic N) is 2. The van der Waals surface area contributed by atoms with Crippen LogP contribution in [0.2, 0.25) is 0 Å². The smallest absolute Gasteiger partial charge is 0.257 e. The van der Waals surface area contributed by atoms with Crippen molar-refractivity contribution in [2.45, 2.75) is 6.54 Å². The van der Waals surface area contributed by atoms with Crippen LogP contribution in [0, 0.1) is 0 Å². The first-order valence-corrected chi connectivity index (χ1v) is 8.89. The van der Waals surface area contributed by atoms with Gasteiger partial charge in [-0.2, -0.15) is 0 Å². The molecule has 2 aromatic carbocycles. The Morgan fingerprint density at radius 2 is 1.61 bits per heavy atom. The molecule has 0 radical (unpaired) electrons. The second-order valence-corrected chi connectivity index (χ2v) is 6.52. The van der Waals surface area contributed by atoms with E-state index in [1.165, 1.54) is 6.20 Å². The number of amides is 2. The molecule has 142 valence electrons. The third-order valence-electron chi connectivity index (χ3n) is 4.23. The summed E-state index contributed by atoms with van der Waals surface area (Å²) in [5, 5.41) is 5.72. The zero-order valence-electron chi connectivity index (χ0n) is 15.8. The van der Waals surface area contributed by atoms with Gasteiger partial charge in [-0.05, 0) is 54.1 Å². The summed E-state index contributed by atoms with van der Waals surface area (Å²) >= 11 is 0. The predicted molar refractivity (Wildman–Crippen MR) is 111 cm³/mol. The highest BCUT2D eigenvalue weighted by Gasteiger charge is 2.07. The molecule has 0 aliphatic rings. The quantitative estimate of drug-likeness (QED) is 0.694.